The molecule has 3 heteroatoms. The lowest BCUT2D eigenvalue weighted by Gasteiger charge is -2.22. The Labute approximate surface area is 54.4 Å². The summed E-state index contributed by atoms with van der Waals surface area (Å²) in [5.41, 5.74) is 5.41. The number of ether oxygens (including phenoxy) is 2. The van der Waals surface area contributed by atoms with Crippen molar-refractivity contribution in [3.63, 3.8) is 0 Å². The molecule has 52 valence electrons. The molecule has 1 aliphatic rings. The van der Waals surface area contributed by atoms with Gasteiger partial charge in [0.05, 0.1) is 0 Å². The van der Waals surface area contributed by atoms with Gasteiger partial charge in [-0.1, -0.05) is 0 Å². The van der Waals surface area contributed by atoms with Gasteiger partial charge in [0.2, 0.25) is 0 Å². The monoisotopic (exact) mass is 129 g/mol. The third-order valence-electron chi connectivity index (χ3n) is 1.29. The normalized spacial score (nSPS) is 27.2. The lowest BCUT2D eigenvalue weighted by Crippen LogP contribution is -2.32. The summed E-state index contributed by atoms with van der Waals surface area (Å²) in [5.74, 6) is 1.62. The number of hydrogen-bond donors (Lipinski definition) is 1. The van der Waals surface area contributed by atoms with E-state index in [4.69, 9.17) is 15.2 Å². The highest BCUT2D eigenvalue weighted by atomic mass is 16.6. The summed E-state index contributed by atoms with van der Waals surface area (Å²) < 4.78 is 10.3. The van der Waals surface area contributed by atoms with Gasteiger partial charge in [-0.3, -0.25) is 5.73 Å². The summed E-state index contributed by atoms with van der Waals surface area (Å²) in [6.07, 6.45) is -0.284. The third-order valence-corrected chi connectivity index (χ3v) is 1.29. The minimum absolute atomic E-state index is 0.284. The number of hydrogen-bond acceptors (Lipinski definition) is 3. The van der Waals surface area contributed by atoms with Crippen LogP contribution in [0.1, 0.15) is 13.8 Å². The lowest BCUT2D eigenvalue weighted by atomic mass is 10.4. The van der Waals surface area contributed by atoms with E-state index in [-0.39, 0.29) is 6.23 Å². The van der Waals surface area contributed by atoms with Gasteiger partial charge in [0.1, 0.15) is 18.1 Å². The fourth-order valence-corrected chi connectivity index (χ4v) is 0.653. The maximum absolute atomic E-state index is 5.41. The average Bonchev–Trinajstić information content (AvgIpc) is 1.80. The Hall–Kier alpha value is -0.700. The molecule has 0 radical (unpaired) electrons. The molecule has 3 nitrogen and oxygen atoms in total. The second-order valence-electron chi connectivity index (χ2n) is 2.08. The Morgan fingerprint density at radius 3 is 2.56 bits per heavy atom. The van der Waals surface area contributed by atoms with Crippen LogP contribution in [0.2, 0.25) is 0 Å². The maximum Gasteiger partial charge on any atom is 0.181 e. The summed E-state index contributed by atoms with van der Waals surface area (Å²) in [6, 6.07) is 0. The Bertz CT molecular complexity index is 142. The van der Waals surface area contributed by atoms with Crippen molar-refractivity contribution in [1.29, 1.82) is 0 Å². The Kier molecular flexibility index (Phi) is 1.62. The second-order valence-corrected chi connectivity index (χ2v) is 2.08. The zero-order valence-electron chi connectivity index (χ0n) is 5.68. The van der Waals surface area contributed by atoms with E-state index in [1.807, 2.05) is 13.8 Å². The molecular weight excluding hydrogens is 118 g/mol. The predicted octanol–water partition coefficient (Wildman–Crippen LogP) is 0.569. The van der Waals surface area contributed by atoms with Crippen LogP contribution in [-0.2, 0) is 9.47 Å². The lowest BCUT2D eigenvalue weighted by molar-refractivity contribution is 0.00188. The van der Waals surface area contributed by atoms with Crippen molar-refractivity contribution in [2.24, 2.45) is 5.73 Å². The molecule has 0 spiro atoms. The largest absolute Gasteiger partial charge is 0.489 e. The third kappa shape index (κ3) is 1.36. The second kappa shape index (κ2) is 2.27. The van der Waals surface area contributed by atoms with Crippen molar-refractivity contribution in [1.82, 2.24) is 0 Å². The summed E-state index contributed by atoms with van der Waals surface area (Å²) in [4.78, 5) is 0. The highest BCUT2D eigenvalue weighted by Crippen LogP contribution is 2.13. The van der Waals surface area contributed by atoms with Crippen molar-refractivity contribution in [2.45, 2.75) is 20.1 Å². The zero-order valence-corrected chi connectivity index (χ0v) is 5.68. The van der Waals surface area contributed by atoms with Gasteiger partial charge in [0, 0.05) is 0 Å². The summed E-state index contributed by atoms with van der Waals surface area (Å²) >= 11 is 0. The van der Waals surface area contributed by atoms with Crippen molar-refractivity contribution < 1.29 is 9.47 Å². The number of allylic oxidation sites excluding steroid dienone is 2. The van der Waals surface area contributed by atoms with E-state index < -0.39 is 0 Å². The van der Waals surface area contributed by atoms with E-state index in [2.05, 4.69) is 0 Å². The van der Waals surface area contributed by atoms with Crippen LogP contribution in [-0.4, -0.2) is 12.8 Å². The van der Waals surface area contributed by atoms with Crippen LogP contribution >= 0.6 is 0 Å². The minimum atomic E-state index is -0.284. The summed E-state index contributed by atoms with van der Waals surface area (Å²) in [5, 5.41) is 0. The van der Waals surface area contributed by atoms with Gasteiger partial charge in [-0.05, 0) is 13.8 Å². The first-order chi connectivity index (χ1) is 4.20. The van der Waals surface area contributed by atoms with Gasteiger partial charge in [-0.15, -0.1) is 0 Å². The van der Waals surface area contributed by atoms with E-state index in [0.717, 1.165) is 11.5 Å². The fourth-order valence-electron chi connectivity index (χ4n) is 0.653. The average molecular weight is 129 g/mol. The van der Waals surface area contributed by atoms with E-state index >= 15 is 0 Å². The molecule has 0 amide bonds. The number of rotatable bonds is 0. The van der Waals surface area contributed by atoms with Crippen LogP contribution in [0.5, 0.6) is 0 Å². The van der Waals surface area contributed by atoms with Crippen molar-refractivity contribution in [3.05, 3.63) is 11.5 Å². The van der Waals surface area contributed by atoms with Crippen molar-refractivity contribution >= 4 is 0 Å². The molecule has 1 heterocycles. The topological polar surface area (TPSA) is 44.5 Å². The maximum atomic E-state index is 5.41. The Morgan fingerprint density at radius 2 is 2.11 bits per heavy atom. The quantitative estimate of drug-likeness (QED) is 0.520. The first-order valence-electron chi connectivity index (χ1n) is 2.92. The van der Waals surface area contributed by atoms with Crippen molar-refractivity contribution in [2.75, 3.05) is 6.61 Å². The van der Waals surface area contributed by atoms with Gasteiger partial charge in [0.25, 0.3) is 0 Å². The molecule has 9 heavy (non-hydrogen) atoms. The molecule has 1 unspecified atom stereocenters. The van der Waals surface area contributed by atoms with E-state index in [0.29, 0.717) is 6.61 Å². The first-order valence-corrected chi connectivity index (χ1v) is 2.92. The van der Waals surface area contributed by atoms with Gasteiger partial charge >= 0.3 is 0 Å². The molecule has 1 atom stereocenters. The standard InChI is InChI=1S/C6H11NO2/c1-4-5(2)9-6(7)3-8-4/h6H,3,7H2,1-2H3. The van der Waals surface area contributed by atoms with E-state index in [1.54, 1.807) is 0 Å². The molecule has 1 rings (SSSR count). The highest BCUT2D eigenvalue weighted by molar-refractivity contribution is 4.97. The zero-order chi connectivity index (χ0) is 6.85. The fraction of sp³-hybridized carbons (Fsp3) is 0.667. The van der Waals surface area contributed by atoms with Gasteiger partial charge in [-0.25, -0.2) is 0 Å². The van der Waals surface area contributed by atoms with Crippen LogP contribution in [0.3, 0.4) is 0 Å². The summed E-state index contributed by atoms with van der Waals surface area (Å²) in [7, 11) is 0. The molecule has 0 aromatic heterocycles. The molecule has 0 saturated heterocycles. The van der Waals surface area contributed by atoms with Crippen LogP contribution in [0.15, 0.2) is 11.5 Å². The SMILES string of the molecule is CC1=C(C)OC(N)CO1. The van der Waals surface area contributed by atoms with Crippen LogP contribution < -0.4 is 5.73 Å². The highest BCUT2D eigenvalue weighted by Gasteiger charge is 2.13. The Morgan fingerprint density at radius 1 is 1.44 bits per heavy atom. The van der Waals surface area contributed by atoms with E-state index in [1.165, 1.54) is 0 Å². The van der Waals surface area contributed by atoms with Gasteiger partial charge < -0.3 is 9.47 Å². The molecule has 0 bridgehead atoms. The molecule has 0 aliphatic carbocycles. The van der Waals surface area contributed by atoms with Crippen LogP contribution in [0.4, 0.5) is 0 Å². The van der Waals surface area contributed by atoms with E-state index in [9.17, 15) is 0 Å². The molecule has 0 aromatic carbocycles. The predicted molar refractivity (Wildman–Crippen MR) is 33.4 cm³/mol. The number of nitrogens with two attached hydrogens (primary N) is 1. The molecule has 0 fully saturated rings. The molecule has 0 aromatic rings. The Balaban J connectivity index is 2.61. The molecule has 2 N–H and O–H groups in total. The summed E-state index contributed by atoms with van der Waals surface area (Å²) in [6.45, 7) is 4.17. The van der Waals surface area contributed by atoms with Gasteiger partial charge in [-0.2, -0.15) is 0 Å². The molecular formula is C6H11NO2. The smallest absolute Gasteiger partial charge is 0.181 e. The molecule has 1 aliphatic heterocycles. The molecule has 0 saturated carbocycles. The van der Waals surface area contributed by atoms with Crippen LogP contribution in [0.25, 0.3) is 0 Å². The van der Waals surface area contributed by atoms with Gasteiger partial charge in [0.15, 0.2) is 6.23 Å². The van der Waals surface area contributed by atoms with Crippen molar-refractivity contribution in [3.8, 4) is 0 Å². The first kappa shape index (κ1) is 6.42. The van der Waals surface area contributed by atoms with Crippen LogP contribution in [0, 0.1) is 0 Å². The minimum Gasteiger partial charge on any atom is -0.489 e.